The predicted octanol–water partition coefficient (Wildman–Crippen LogP) is 24.5. The molecule has 0 bridgehead atoms. The zero-order valence-corrected chi connectivity index (χ0v) is 57.9. The van der Waals surface area contributed by atoms with Crippen LogP contribution < -0.4 is 5.73 Å². The van der Waals surface area contributed by atoms with E-state index >= 15 is 0 Å². The third-order valence-electron chi connectivity index (χ3n) is 16.3. The lowest BCUT2D eigenvalue weighted by Crippen LogP contribution is -2.29. The molecule has 0 saturated carbocycles. The Kier molecular flexibility index (Phi) is 69.9. The maximum Gasteiger partial charge on any atom is 0.472 e. The monoisotopic (exact) mass is 1240 g/mol. The summed E-state index contributed by atoms with van der Waals surface area (Å²) in [6.07, 6.45) is 97.0. The molecule has 0 fully saturated rings. The van der Waals surface area contributed by atoms with Gasteiger partial charge in [-0.2, -0.15) is 0 Å². The van der Waals surface area contributed by atoms with Gasteiger partial charge in [0.25, 0.3) is 0 Å². The highest BCUT2D eigenvalue weighted by atomic mass is 31.2. The molecule has 0 aromatic carbocycles. The van der Waals surface area contributed by atoms with Crippen molar-refractivity contribution in [3.05, 3.63) is 85.1 Å². The Morgan fingerprint density at radius 1 is 0.356 bits per heavy atom. The Bertz CT molecular complexity index is 1700. The van der Waals surface area contributed by atoms with E-state index in [2.05, 4.69) is 98.9 Å². The first-order valence-electron chi connectivity index (χ1n) is 37.1. The second kappa shape index (κ2) is 72.3. The number of phosphoric ester groups is 1. The van der Waals surface area contributed by atoms with E-state index in [-0.39, 0.29) is 38.6 Å². The Hall–Kier alpha value is -2.81. The third-order valence-corrected chi connectivity index (χ3v) is 17.3. The summed E-state index contributed by atoms with van der Waals surface area (Å²) in [5, 5.41) is 0. The van der Waals surface area contributed by atoms with Crippen molar-refractivity contribution in [2.75, 3.05) is 26.4 Å². The molecule has 0 aliphatic heterocycles. The molecule has 0 aromatic rings. The minimum absolute atomic E-state index is 0.0504. The molecular formula is C77H140NO8P. The Balaban J connectivity index is 3.84. The first-order chi connectivity index (χ1) is 42.8. The summed E-state index contributed by atoms with van der Waals surface area (Å²) in [6.45, 7) is 3.67. The van der Waals surface area contributed by atoms with Crippen molar-refractivity contribution >= 4 is 19.8 Å². The topological polar surface area (TPSA) is 134 Å². The number of nitrogens with two attached hydrogens (primary N) is 1. The van der Waals surface area contributed by atoms with Crippen molar-refractivity contribution in [2.45, 2.75) is 367 Å². The number of allylic oxidation sites excluding steroid dienone is 14. The van der Waals surface area contributed by atoms with Crippen LogP contribution in [-0.4, -0.2) is 49.3 Å². The van der Waals surface area contributed by atoms with Gasteiger partial charge >= 0.3 is 19.8 Å². The lowest BCUT2D eigenvalue weighted by Gasteiger charge is -2.19. The molecule has 0 spiro atoms. The molecule has 0 saturated heterocycles. The highest BCUT2D eigenvalue weighted by Crippen LogP contribution is 2.43. The first-order valence-corrected chi connectivity index (χ1v) is 38.6. The molecule has 0 aliphatic carbocycles. The van der Waals surface area contributed by atoms with Gasteiger partial charge in [-0.15, -0.1) is 0 Å². The van der Waals surface area contributed by atoms with Gasteiger partial charge in [0.05, 0.1) is 13.2 Å². The van der Waals surface area contributed by atoms with Crippen molar-refractivity contribution in [3.8, 4) is 0 Å². The van der Waals surface area contributed by atoms with E-state index in [0.717, 1.165) is 89.9 Å². The molecule has 0 rings (SSSR count). The quantitative estimate of drug-likeness (QED) is 0.0264. The molecule has 0 amide bonds. The number of carbonyl (C=O) groups is 2. The summed E-state index contributed by atoms with van der Waals surface area (Å²) in [5.74, 6) is -0.823. The van der Waals surface area contributed by atoms with Gasteiger partial charge < -0.3 is 20.1 Å². The van der Waals surface area contributed by atoms with Gasteiger partial charge in [-0.3, -0.25) is 18.6 Å². The van der Waals surface area contributed by atoms with Crippen LogP contribution in [0.15, 0.2) is 85.1 Å². The Morgan fingerprint density at radius 2 is 0.632 bits per heavy atom. The fourth-order valence-electron chi connectivity index (χ4n) is 10.9. The van der Waals surface area contributed by atoms with E-state index in [4.69, 9.17) is 24.3 Å². The lowest BCUT2D eigenvalue weighted by atomic mass is 10.0. The average Bonchev–Trinajstić information content (AvgIpc) is 3.66. The normalized spacial score (nSPS) is 13.4. The maximum atomic E-state index is 12.8. The van der Waals surface area contributed by atoms with E-state index in [1.165, 1.54) is 238 Å². The van der Waals surface area contributed by atoms with Gasteiger partial charge in [0, 0.05) is 19.4 Å². The van der Waals surface area contributed by atoms with Crippen LogP contribution in [0.5, 0.6) is 0 Å². The van der Waals surface area contributed by atoms with E-state index in [1.807, 2.05) is 0 Å². The van der Waals surface area contributed by atoms with Crippen LogP contribution in [-0.2, 0) is 32.7 Å². The molecule has 2 unspecified atom stereocenters. The van der Waals surface area contributed by atoms with Gasteiger partial charge in [-0.25, -0.2) is 4.57 Å². The molecule has 0 radical (unpaired) electrons. The number of phosphoric acid groups is 1. The molecule has 506 valence electrons. The van der Waals surface area contributed by atoms with Crippen LogP contribution >= 0.6 is 7.82 Å². The Labute approximate surface area is 538 Å². The van der Waals surface area contributed by atoms with Crippen molar-refractivity contribution in [1.29, 1.82) is 0 Å². The number of ether oxygens (including phenoxy) is 2. The molecule has 0 heterocycles. The largest absolute Gasteiger partial charge is 0.472 e. The molecule has 3 N–H and O–H groups in total. The number of carbonyl (C=O) groups excluding carboxylic acids is 2. The summed E-state index contributed by atoms with van der Waals surface area (Å²) < 4.78 is 33.2. The van der Waals surface area contributed by atoms with Crippen molar-refractivity contribution in [2.24, 2.45) is 5.73 Å². The van der Waals surface area contributed by atoms with Crippen LogP contribution in [0.25, 0.3) is 0 Å². The Morgan fingerprint density at radius 3 is 0.943 bits per heavy atom. The van der Waals surface area contributed by atoms with Crippen LogP contribution in [0.2, 0.25) is 0 Å². The van der Waals surface area contributed by atoms with E-state index in [9.17, 15) is 19.0 Å². The molecule has 10 heteroatoms. The standard InChI is InChI=1S/C77H140NO8P/c1-3-5-7-9-11-13-15-17-19-21-23-25-27-29-31-33-35-36-37-38-40-41-43-45-47-49-51-53-55-57-59-61-63-65-67-69-76(79)83-73-75(74-85-87(81,82)84-72-71-78)86-77(80)70-68-66-64-62-60-58-56-54-52-50-48-46-44-42-39-34-32-30-28-26-24-22-20-18-16-14-12-10-8-6-4-2/h6,8,12,14,18,20,24,26,30,32,39,42,46,48,75H,3-5,7,9-11,13,15-17,19,21-23,25,27-29,31,33-38,40-41,43-45,47,49-74,78H2,1-2H3,(H,81,82)/b8-6-,14-12-,20-18-,26-24-,32-30-,42-39-,48-46-. The summed E-state index contributed by atoms with van der Waals surface area (Å²) in [4.78, 5) is 35.4. The van der Waals surface area contributed by atoms with Gasteiger partial charge in [0.2, 0.25) is 0 Å². The van der Waals surface area contributed by atoms with Crippen molar-refractivity contribution < 1.29 is 37.6 Å². The van der Waals surface area contributed by atoms with Crippen LogP contribution in [0.4, 0.5) is 0 Å². The molecule has 87 heavy (non-hydrogen) atoms. The van der Waals surface area contributed by atoms with E-state index in [1.54, 1.807) is 0 Å². The minimum atomic E-state index is -4.40. The predicted molar refractivity (Wildman–Crippen MR) is 376 cm³/mol. The second-order valence-corrected chi connectivity index (χ2v) is 26.2. The third kappa shape index (κ3) is 72.1. The molecule has 0 aromatic heterocycles. The molecule has 0 aliphatic rings. The number of rotatable bonds is 70. The second-order valence-electron chi connectivity index (χ2n) is 24.8. The van der Waals surface area contributed by atoms with Crippen LogP contribution in [0.1, 0.15) is 361 Å². The minimum Gasteiger partial charge on any atom is -0.462 e. The fourth-order valence-corrected chi connectivity index (χ4v) is 11.6. The van der Waals surface area contributed by atoms with Crippen LogP contribution in [0, 0.1) is 0 Å². The SMILES string of the molecule is CC/C=C\C/C=C\C/C=C\C/C=C\C/C=C\C/C=C\C/C=C\CCCCCCCCCCCC(=O)OC(COC(=O)CCCCCCCCCCCCCCCCCCCCCCCCCCCCCCCCCCCCC)COP(=O)(O)OCCN. The summed E-state index contributed by atoms with van der Waals surface area (Å²) >= 11 is 0. The molecule has 2 atom stereocenters. The van der Waals surface area contributed by atoms with Gasteiger partial charge in [0.1, 0.15) is 6.61 Å². The molecular weight excluding hydrogens is 1100 g/mol. The zero-order valence-electron chi connectivity index (χ0n) is 57.0. The summed E-state index contributed by atoms with van der Waals surface area (Å²) in [6, 6.07) is 0. The number of esters is 2. The highest BCUT2D eigenvalue weighted by molar-refractivity contribution is 7.47. The fraction of sp³-hybridized carbons (Fsp3) is 0.792. The zero-order chi connectivity index (χ0) is 63.0. The number of hydrogen-bond donors (Lipinski definition) is 2. The summed E-state index contributed by atoms with van der Waals surface area (Å²) in [5.41, 5.74) is 5.41. The number of unbranched alkanes of at least 4 members (excludes halogenated alkanes) is 43. The van der Waals surface area contributed by atoms with Crippen molar-refractivity contribution in [1.82, 2.24) is 0 Å². The first kappa shape index (κ1) is 84.2. The summed E-state index contributed by atoms with van der Waals surface area (Å²) in [7, 11) is -4.40. The van der Waals surface area contributed by atoms with Gasteiger partial charge in [-0.1, -0.05) is 362 Å². The average molecular weight is 1240 g/mol. The van der Waals surface area contributed by atoms with E-state index in [0.29, 0.717) is 6.42 Å². The van der Waals surface area contributed by atoms with Crippen LogP contribution in [0.3, 0.4) is 0 Å². The van der Waals surface area contributed by atoms with Crippen molar-refractivity contribution in [3.63, 3.8) is 0 Å². The van der Waals surface area contributed by atoms with Gasteiger partial charge in [-0.05, 0) is 70.6 Å². The van der Waals surface area contributed by atoms with Gasteiger partial charge in [0.15, 0.2) is 6.10 Å². The smallest absolute Gasteiger partial charge is 0.462 e. The highest BCUT2D eigenvalue weighted by Gasteiger charge is 2.26. The lowest BCUT2D eigenvalue weighted by molar-refractivity contribution is -0.161. The molecule has 9 nitrogen and oxygen atoms in total. The van der Waals surface area contributed by atoms with E-state index < -0.39 is 26.5 Å². The maximum absolute atomic E-state index is 12.8. The number of hydrogen-bond acceptors (Lipinski definition) is 8.